The first-order chi connectivity index (χ1) is 7.46. The average molecular weight is 263 g/mol. The fourth-order valence-corrected chi connectivity index (χ4v) is 1.92. The standard InChI is InChI=1S/C9H11ClN2O3S/c1-16(13,14)12-8-5-11-4-7(10)9(8)15-6-2-3-6/h4-6,12H,2-3H2,1H3. The highest BCUT2D eigenvalue weighted by atomic mass is 35.5. The highest BCUT2D eigenvalue weighted by molar-refractivity contribution is 7.92. The number of ether oxygens (including phenoxy) is 1. The molecule has 1 aromatic rings. The van der Waals surface area contributed by atoms with Crippen LogP contribution in [0.15, 0.2) is 12.4 Å². The molecule has 16 heavy (non-hydrogen) atoms. The summed E-state index contributed by atoms with van der Waals surface area (Å²) in [5.41, 5.74) is 0.280. The second-order valence-electron chi connectivity index (χ2n) is 3.69. The van der Waals surface area contributed by atoms with Crippen molar-refractivity contribution in [2.24, 2.45) is 0 Å². The molecule has 1 fully saturated rings. The predicted octanol–water partition coefficient (Wildman–Crippen LogP) is 1.65. The van der Waals surface area contributed by atoms with Gasteiger partial charge in [-0.2, -0.15) is 0 Å². The summed E-state index contributed by atoms with van der Waals surface area (Å²) in [6.07, 6.45) is 5.94. The van der Waals surface area contributed by atoms with Crippen LogP contribution in [0.4, 0.5) is 5.69 Å². The number of sulfonamides is 1. The zero-order valence-corrected chi connectivity index (χ0v) is 10.2. The summed E-state index contributed by atoms with van der Waals surface area (Å²) in [6, 6.07) is 0. The first-order valence-corrected chi connectivity index (χ1v) is 7.00. The van der Waals surface area contributed by atoms with Gasteiger partial charge in [0.1, 0.15) is 10.7 Å². The molecule has 1 aromatic heterocycles. The van der Waals surface area contributed by atoms with Crippen molar-refractivity contribution in [3.05, 3.63) is 17.4 Å². The molecule has 1 N–H and O–H groups in total. The van der Waals surface area contributed by atoms with E-state index < -0.39 is 10.0 Å². The lowest BCUT2D eigenvalue weighted by Gasteiger charge is -2.12. The molecule has 0 aliphatic heterocycles. The zero-order chi connectivity index (χ0) is 11.8. The van der Waals surface area contributed by atoms with E-state index in [0.29, 0.717) is 10.8 Å². The number of pyridine rings is 1. The van der Waals surface area contributed by atoms with E-state index in [4.69, 9.17) is 16.3 Å². The van der Waals surface area contributed by atoms with Crippen LogP contribution in [0.1, 0.15) is 12.8 Å². The number of nitrogens with one attached hydrogen (secondary N) is 1. The minimum absolute atomic E-state index is 0.139. The van der Waals surface area contributed by atoms with Crippen LogP contribution in [0.5, 0.6) is 5.75 Å². The highest BCUT2D eigenvalue weighted by Crippen LogP contribution is 2.37. The van der Waals surface area contributed by atoms with E-state index in [0.717, 1.165) is 19.1 Å². The van der Waals surface area contributed by atoms with E-state index >= 15 is 0 Å². The maximum Gasteiger partial charge on any atom is 0.229 e. The van der Waals surface area contributed by atoms with Crippen molar-refractivity contribution in [3.63, 3.8) is 0 Å². The van der Waals surface area contributed by atoms with Crippen LogP contribution in [0.2, 0.25) is 5.02 Å². The Hall–Kier alpha value is -1.01. The van der Waals surface area contributed by atoms with Crippen LogP contribution in [0.25, 0.3) is 0 Å². The Kier molecular flexibility index (Phi) is 2.94. The molecule has 0 unspecified atom stereocenters. The molecular formula is C9H11ClN2O3S. The smallest absolute Gasteiger partial charge is 0.229 e. The van der Waals surface area contributed by atoms with Crippen LogP contribution >= 0.6 is 11.6 Å². The van der Waals surface area contributed by atoms with Crippen LogP contribution < -0.4 is 9.46 Å². The number of aromatic nitrogens is 1. The van der Waals surface area contributed by atoms with Crippen molar-refractivity contribution in [2.75, 3.05) is 11.0 Å². The monoisotopic (exact) mass is 262 g/mol. The van der Waals surface area contributed by atoms with Gasteiger partial charge in [-0.05, 0) is 12.8 Å². The molecule has 0 amide bonds. The van der Waals surface area contributed by atoms with Crippen molar-refractivity contribution in [1.82, 2.24) is 4.98 Å². The van der Waals surface area contributed by atoms with Gasteiger partial charge in [0.05, 0.1) is 18.6 Å². The molecule has 0 atom stereocenters. The Balaban J connectivity index is 2.31. The summed E-state index contributed by atoms with van der Waals surface area (Å²) >= 11 is 5.91. The summed E-state index contributed by atoms with van der Waals surface area (Å²) in [5.74, 6) is 0.351. The Morgan fingerprint density at radius 3 is 2.75 bits per heavy atom. The van der Waals surface area contributed by atoms with Crippen molar-refractivity contribution < 1.29 is 13.2 Å². The summed E-state index contributed by atoms with van der Waals surface area (Å²) in [7, 11) is -3.36. The van der Waals surface area contributed by atoms with Gasteiger partial charge in [-0.25, -0.2) is 8.42 Å². The fourth-order valence-electron chi connectivity index (χ4n) is 1.17. The zero-order valence-electron chi connectivity index (χ0n) is 8.60. The van der Waals surface area contributed by atoms with Crippen molar-refractivity contribution in [3.8, 4) is 5.75 Å². The van der Waals surface area contributed by atoms with Crippen molar-refractivity contribution in [1.29, 1.82) is 0 Å². The largest absolute Gasteiger partial charge is 0.487 e. The van der Waals surface area contributed by atoms with E-state index in [1.807, 2.05) is 0 Å². The molecule has 1 aliphatic carbocycles. The number of anilines is 1. The van der Waals surface area contributed by atoms with Crippen LogP contribution in [-0.2, 0) is 10.0 Å². The molecule has 88 valence electrons. The summed E-state index contributed by atoms with van der Waals surface area (Å²) in [5, 5.41) is 0.306. The quantitative estimate of drug-likeness (QED) is 0.896. The van der Waals surface area contributed by atoms with Gasteiger partial charge >= 0.3 is 0 Å². The molecule has 0 bridgehead atoms. The normalized spacial score (nSPS) is 15.9. The second-order valence-corrected chi connectivity index (χ2v) is 5.85. The lowest BCUT2D eigenvalue weighted by atomic mass is 10.4. The lowest BCUT2D eigenvalue weighted by Crippen LogP contribution is -2.12. The van der Waals surface area contributed by atoms with E-state index in [-0.39, 0.29) is 11.8 Å². The van der Waals surface area contributed by atoms with Crippen LogP contribution in [-0.4, -0.2) is 25.8 Å². The van der Waals surface area contributed by atoms with Crippen LogP contribution in [0, 0.1) is 0 Å². The first-order valence-electron chi connectivity index (χ1n) is 4.73. The minimum atomic E-state index is -3.36. The number of halogens is 1. The van der Waals surface area contributed by atoms with Gasteiger partial charge < -0.3 is 4.74 Å². The Morgan fingerprint density at radius 1 is 1.50 bits per heavy atom. The Morgan fingerprint density at radius 2 is 2.19 bits per heavy atom. The maximum atomic E-state index is 11.1. The molecule has 1 heterocycles. The number of hydrogen-bond acceptors (Lipinski definition) is 4. The first kappa shape index (κ1) is 11.5. The third-order valence-electron chi connectivity index (χ3n) is 1.96. The second kappa shape index (κ2) is 4.10. The summed E-state index contributed by atoms with van der Waals surface area (Å²) in [6.45, 7) is 0. The molecule has 0 spiro atoms. The fraction of sp³-hybridized carbons (Fsp3) is 0.444. The number of rotatable bonds is 4. The minimum Gasteiger partial charge on any atom is -0.487 e. The number of hydrogen-bond donors (Lipinski definition) is 1. The van der Waals surface area contributed by atoms with Crippen LogP contribution in [0.3, 0.4) is 0 Å². The van der Waals surface area contributed by atoms with E-state index in [1.54, 1.807) is 0 Å². The Bertz CT molecular complexity index is 499. The molecular weight excluding hydrogens is 252 g/mol. The van der Waals surface area contributed by atoms with Gasteiger partial charge in [0.25, 0.3) is 0 Å². The topological polar surface area (TPSA) is 68.3 Å². The van der Waals surface area contributed by atoms with Gasteiger partial charge in [-0.3, -0.25) is 9.71 Å². The summed E-state index contributed by atoms with van der Waals surface area (Å²) < 4.78 is 30.1. The van der Waals surface area contributed by atoms with E-state index in [9.17, 15) is 8.42 Å². The van der Waals surface area contributed by atoms with Gasteiger partial charge in [-0.15, -0.1) is 0 Å². The SMILES string of the molecule is CS(=O)(=O)Nc1cncc(Cl)c1OC1CC1. The maximum absolute atomic E-state index is 11.1. The molecule has 7 heteroatoms. The van der Waals surface area contributed by atoms with E-state index in [2.05, 4.69) is 9.71 Å². The third-order valence-corrected chi connectivity index (χ3v) is 2.82. The number of nitrogens with zero attached hydrogens (tertiary/aromatic N) is 1. The molecule has 1 aliphatic rings. The van der Waals surface area contributed by atoms with E-state index in [1.165, 1.54) is 12.4 Å². The van der Waals surface area contributed by atoms with Gasteiger partial charge in [0.2, 0.25) is 10.0 Å². The van der Waals surface area contributed by atoms with Crippen molar-refractivity contribution in [2.45, 2.75) is 18.9 Å². The highest BCUT2D eigenvalue weighted by Gasteiger charge is 2.26. The predicted molar refractivity (Wildman–Crippen MR) is 61.4 cm³/mol. The molecule has 1 saturated carbocycles. The summed E-state index contributed by atoms with van der Waals surface area (Å²) in [4.78, 5) is 3.82. The van der Waals surface area contributed by atoms with Gasteiger partial charge in [-0.1, -0.05) is 11.6 Å². The molecule has 0 radical (unpaired) electrons. The molecule has 0 saturated heterocycles. The van der Waals surface area contributed by atoms with Gasteiger partial charge in [0.15, 0.2) is 5.75 Å². The van der Waals surface area contributed by atoms with Crippen molar-refractivity contribution >= 4 is 27.3 Å². The molecule has 0 aromatic carbocycles. The Labute approximate surface area is 98.8 Å². The molecule has 5 nitrogen and oxygen atoms in total. The third kappa shape index (κ3) is 2.99. The average Bonchev–Trinajstić information content (AvgIpc) is 2.92. The molecule has 2 rings (SSSR count). The van der Waals surface area contributed by atoms with Gasteiger partial charge in [0, 0.05) is 6.20 Å². The lowest BCUT2D eigenvalue weighted by molar-refractivity contribution is 0.305.